The van der Waals surface area contributed by atoms with Crippen LogP contribution in [-0.4, -0.2) is 42.5 Å². The molecule has 0 aromatic heterocycles. The number of nitrogens with one attached hydrogen (secondary N) is 1. The van der Waals surface area contributed by atoms with E-state index in [9.17, 15) is 4.79 Å². The number of hydrogen-bond donors (Lipinski definition) is 2. The van der Waals surface area contributed by atoms with E-state index >= 15 is 0 Å². The van der Waals surface area contributed by atoms with Gasteiger partial charge in [-0.1, -0.05) is 0 Å². The maximum absolute atomic E-state index is 12.0. The van der Waals surface area contributed by atoms with Gasteiger partial charge in [0.2, 0.25) is 5.91 Å². The number of carbonyl (C=O) groups excluding carboxylic acids is 1. The van der Waals surface area contributed by atoms with E-state index in [0.717, 1.165) is 38.8 Å². The summed E-state index contributed by atoms with van der Waals surface area (Å²) in [6.45, 7) is 7.66. The number of nitrogens with two attached hydrogens (primary N) is 1. The van der Waals surface area contributed by atoms with Crippen molar-refractivity contribution in [3.63, 3.8) is 0 Å². The summed E-state index contributed by atoms with van der Waals surface area (Å²) >= 11 is 0. The van der Waals surface area contributed by atoms with E-state index in [4.69, 9.17) is 5.73 Å². The van der Waals surface area contributed by atoms with Crippen LogP contribution in [0, 0.1) is 11.8 Å². The number of likely N-dealkylation sites (tertiary alicyclic amines) is 1. The van der Waals surface area contributed by atoms with Crippen molar-refractivity contribution >= 4 is 5.91 Å². The Balaban J connectivity index is 1.61. The molecule has 4 nitrogen and oxygen atoms in total. The molecule has 0 spiro atoms. The van der Waals surface area contributed by atoms with Gasteiger partial charge < -0.3 is 16.0 Å². The largest absolute Gasteiger partial charge is 0.356 e. The molecule has 20 heavy (non-hydrogen) atoms. The van der Waals surface area contributed by atoms with Gasteiger partial charge in [0.1, 0.15) is 0 Å². The molecule has 0 aromatic rings. The molecule has 0 radical (unpaired) electrons. The second-order valence-electron chi connectivity index (χ2n) is 7.03. The Morgan fingerprint density at radius 3 is 2.50 bits per heavy atom. The molecule has 1 atom stereocenters. The monoisotopic (exact) mass is 281 g/mol. The van der Waals surface area contributed by atoms with Crippen LogP contribution in [0.2, 0.25) is 0 Å². The average Bonchev–Trinajstić information content (AvgIpc) is 2.88. The molecule has 0 bridgehead atoms. The van der Waals surface area contributed by atoms with Crippen molar-refractivity contribution in [1.82, 2.24) is 10.2 Å². The minimum Gasteiger partial charge on any atom is -0.356 e. The van der Waals surface area contributed by atoms with E-state index in [-0.39, 0.29) is 5.91 Å². The summed E-state index contributed by atoms with van der Waals surface area (Å²) in [6, 6.07) is 0.997. The average molecular weight is 281 g/mol. The second kappa shape index (κ2) is 7.41. The Labute approximate surface area is 123 Å². The van der Waals surface area contributed by atoms with Crippen molar-refractivity contribution in [1.29, 1.82) is 0 Å². The fraction of sp³-hybridized carbons (Fsp3) is 0.938. The molecule has 2 fully saturated rings. The van der Waals surface area contributed by atoms with Crippen molar-refractivity contribution in [2.45, 2.75) is 64.5 Å². The van der Waals surface area contributed by atoms with Gasteiger partial charge >= 0.3 is 0 Å². The predicted octanol–water partition coefficient (Wildman–Crippen LogP) is 1.74. The molecule has 2 aliphatic rings. The summed E-state index contributed by atoms with van der Waals surface area (Å²) in [5.74, 6) is 1.44. The molecule has 1 aliphatic carbocycles. The van der Waals surface area contributed by atoms with Crippen molar-refractivity contribution in [3.05, 3.63) is 0 Å². The molecule has 1 saturated heterocycles. The summed E-state index contributed by atoms with van der Waals surface area (Å²) in [5.41, 5.74) is 5.90. The molecule has 4 heteroatoms. The molecular formula is C16H31N3O. The van der Waals surface area contributed by atoms with Crippen LogP contribution in [0.5, 0.6) is 0 Å². The van der Waals surface area contributed by atoms with Crippen LogP contribution >= 0.6 is 0 Å². The Morgan fingerprint density at radius 1 is 1.20 bits per heavy atom. The quantitative estimate of drug-likeness (QED) is 0.807. The SMILES string of the molecule is CC(C)N1CCC(CNC(=O)CC2CCC(N)CC2)C1. The first-order chi connectivity index (χ1) is 9.54. The lowest BCUT2D eigenvalue weighted by molar-refractivity contribution is -0.122. The third-order valence-electron chi connectivity index (χ3n) is 5.00. The van der Waals surface area contributed by atoms with Gasteiger partial charge in [-0.05, 0) is 64.3 Å². The molecule has 1 heterocycles. The fourth-order valence-electron chi connectivity index (χ4n) is 3.48. The van der Waals surface area contributed by atoms with Gasteiger partial charge in [-0.3, -0.25) is 4.79 Å². The van der Waals surface area contributed by atoms with Crippen LogP contribution in [0.1, 0.15) is 52.4 Å². The van der Waals surface area contributed by atoms with Crippen LogP contribution in [0.3, 0.4) is 0 Å². The lowest BCUT2D eigenvalue weighted by atomic mass is 9.84. The first kappa shape index (κ1) is 15.8. The van der Waals surface area contributed by atoms with Crippen LogP contribution in [0.15, 0.2) is 0 Å². The van der Waals surface area contributed by atoms with E-state index in [2.05, 4.69) is 24.1 Å². The zero-order chi connectivity index (χ0) is 14.5. The highest BCUT2D eigenvalue weighted by Crippen LogP contribution is 2.25. The van der Waals surface area contributed by atoms with Crippen LogP contribution in [-0.2, 0) is 4.79 Å². The van der Waals surface area contributed by atoms with E-state index in [1.165, 1.54) is 13.0 Å². The zero-order valence-electron chi connectivity index (χ0n) is 13.1. The number of amides is 1. The molecule has 1 amide bonds. The summed E-state index contributed by atoms with van der Waals surface area (Å²) in [6.07, 6.45) is 6.34. The Kier molecular flexibility index (Phi) is 5.85. The van der Waals surface area contributed by atoms with Gasteiger partial charge in [-0.25, -0.2) is 0 Å². The van der Waals surface area contributed by atoms with Crippen LogP contribution in [0.4, 0.5) is 0 Å². The lowest BCUT2D eigenvalue weighted by Gasteiger charge is -2.25. The first-order valence-corrected chi connectivity index (χ1v) is 8.31. The number of rotatable bonds is 5. The predicted molar refractivity (Wildman–Crippen MR) is 82.4 cm³/mol. The van der Waals surface area contributed by atoms with Crippen LogP contribution in [0.25, 0.3) is 0 Å². The first-order valence-electron chi connectivity index (χ1n) is 8.31. The van der Waals surface area contributed by atoms with E-state index in [0.29, 0.717) is 30.3 Å². The lowest BCUT2D eigenvalue weighted by Crippen LogP contribution is -2.34. The molecule has 1 unspecified atom stereocenters. The minimum atomic E-state index is 0.244. The van der Waals surface area contributed by atoms with Gasteiger partial charge in [-0.2, -0.15) is 0 Å². The third-order valence-corrected chi connectivity index (χ3v) is 5.00. The summed E-state index contributed by atoms with van der Waals surface area (Å²) in [7, 11) is 0. The van der Waals surface area contributed by atoms with Crippen molar-refractivity contribution in [2.24, 2.45) is 17.6 Å². The maximum Gasteiger partial charge on any atom is 0.220 e. The van der Waals surface area contributed by atoms with Crippen molar-refractivity contribution < 1.29 is 4.79 Å². The van der Waals surface area contributed by atoms with Crippen molar-refractivity contribution in [2.75, 3.05) is 19.6 Å². The van der Waals surface area contributed by atoms with Gasteiger partial charge in [0.15, 0.2) is 0 Å². The van der Waals surface area contributed by atoms with E-state index in [1.54, 1.807) is 0 Å². The number of hydrogen-bond acceptors (Lipinski definition) is 3. The summed E-state index contributed by atoms with van der Waals surface area (Å²) in [4.78, 5) is 14.5. The molecule has 1 saturated carbocycles. The highest BCUT2D eigenvalue weighted by Gasteiger charge is 2.25. The van der Waals surface area contributed by atoms with Gasteiger partial charge in [-0.15, -0.1) is 0 Å². The molecule has 3 N–H and O–H groups in total. The Hall–Kier alpha value is -0.610. The second-order valence-corrected chi connectivity index (χ2v) is 7.03. The summed E-state index contributed by atoms with van der Waals surface area (Å²) < 4.78 is 0. The fourth-order valence-corrected chi connectivity index (χ4v) is 3.48. The van der Waals surface area contributed by atoms with Gasteiger partial charge in [0.05, 0.1) is 0 Å². The van der Waals surface area contributed by atoms with E-state index in [1.807, 2.05) is 0 Å². The van der Waals surface area contributed by atoms with Gasteiger partial charge in [0.25, 0.3) is 0 Å². The molecule has 1 aliphatic heterocycles. The Morgan fingerprint density at radius 2 is 1.90 bits per heavy atom. The number of carbonyl (C=O) groups is 1. The normalized spacial score (nSPS) is 31.7. The smallest absolute Gasteiger partial charge is 0.220 e. The molecular weight excluding hydrogens is 250 g/mol. The third kappa shape index (κ3) is 4.74. The topological polar surface area (TPSA) is 58.4 Å². The van der Waals surface area contributed by atoms with E-state index < -0.39 is 0 Å². The van der Waals surface area contributed by atoms with Crippen molar-refractivity contribution in [3.8, 4) is 0 Å². The maximum atomic E-state index is 12.0. The standard InChI is InChI=1S/C16H31N3O/c1-12(2)19-8-7-14(11-19)10-18-16(20)9-13-3-5-15(17)6-4-13/h12-15H,3-11,17H2,1-2H3,(H,18,20). The Bertz CT molecular complexity index is 311. The van der Waals surface area contributed by atoms with Crippen LogP contribution < -0.4 is 11.1 Å². The molecule has 2 rings (SSSR count). The highest BCUT2D eigenvalue weighted by molar-refractivity contribution is 5.76. The van der Waals surface area contributed by atoms with Gasteiger partial charge in [0, 0.05) is 31.6 Å². The zero-order valence-corrected chi connectivity index (χ0v) is 13.1. The highest BCUT2D eigenvalue weighted by atomic mass is 16.1. The summed E-state index contributed by atoms with van der Waals surface area (Å²) in [5, 5.41) is 3.15. The molecule has 0 aromatic carbocycles. The molecule has 116 valence electrons. The number of nitrogens with zero attached hydrogens (tertiary/aromatic N) is 1. The minimum absolute atomic E-state index is 0.244.